The van der Waals surface area contributed by atoms with Crippen molar-refractivity contribution >= 4 is 46.8 Å². The second-order valence-corrected chi connectivity index (χ2v) is 10.3. The lowest BCUT2D eigenvalue weighted by Gasteiger charge is -2.29. The van der Waals surface area contributed by atoms with Gasteiger partial charge in [-0.1, -0.05) is 6.07 Å². The maximum Gasteiger partial charge on any atom is 0.332 e. The van der Waals surface area contributed by atoms with E-state index in [4.69, 9.17) is 25.6 Å². The third-order valence-corrected chi connectivity index (χ3v) is 7.81. The van der Waals surface area contributed by atoms with E-state index in [1.165, 1.54) is 0 Å². The molecule has 0 spiro atoms. The fourth-order valence-electron chi connectivity index (χ4n) is 5.44. The number of imidazole rings is 1. The summed E-state index contributed by atoms with van der Waals surface area (Å²) in [7, 11) is 1.99. The van der Waals surface area contributed by atoms with Crippen LogP contribution in [0.2, 0.25) is 0 Å². The fourth-order valence-corrected chi connectivity index (χ4v) is 5.44. The number of amidine groups is 1. The van der Waals surface area contributed by atoms with Crippen molar-refractivity contribution in [3.63, 3.8) is 0 Å². The number of likely N-dealkylation sites (tertiary alicyclic amines) is 1. The number of fused-ring (bicyclic) bond motifs is 1. The van der Waals surface area contributed by atoms with Crippen LogP contribution in [0.15, 0.2) is 42.5 Å². The monoisotopic (exact) mass is 568 g/mol. The number of benzene rings is 2. The Labute approximate surface area is 240 Å². The molecule has 0 radical (unpaired) electrons. The standard InChI is InChI=1S/C29H36N6O4.ClH/c1-3-39-26(36)18-38-17-22-5-4-14-35(22)28(37)29(12-13-29)20-8-11-24-23(15-20)33-25(34(24)2)16-32-21-9-6-19(7-10-21)27(30)31;/h6-11,15,22,32H,3-5,12-14,16-18H2,1-2H3,(H3,30,31);1H. The van der Waals surface area contributed by atoms with Crippen molar-refractivity contribution in [2.75, 3.05) is 31.7 Å². The highest BCUT2D eigenvalue weighted by Crippen LogP contribution is 2.51. The Hall–Kier alpha value is -3.63. The van der Waals surface area contributed by atoms with Crippen molar-refractivity contribution in [1.29, 1.82) is 5.41 Å². The van der Waals surface area contributed by atoms with Crippen LogP contribution in [-0.2, 0) is 38.1 Å². The largest absolute Gasteiger partial charge is 0.464 e. The molecule has 2 aliphatic rings. The minimum Gasteiger partial charge on any atom is -0.464 e. The lowest BCUT2D eigenvalue weighted by atomic mass is 9.93. The molecule has 2 fully saturated rings. The normalized spacial score (nSPS) is 17.4. The van der Waals surface area contributed by atoms with E-state index in [-0.39, 0.29) is 42.8 Å². The molecule has 1 aliphatic heterocycles. The van der Waals surface area contributed by atoms with Crippen molar-refractivity contribution in [2.45, 2.75) is 50.6 Å². The first-order valence-electron chi connectivity index (χ1n) is 13.5. The molecule has 1 amide bonds. The molecule has 0 bridgehead atoms. The number of amides is 1. The smallest absolute Gasteiger partial charge is 0.332 e. The average Bonchev–Trinajstić information content (AvgIpc) is 3.51. The first-order chi connectivity index (χ1) is 18.8. The number of ether oxygens (including phenoxy) is 2. The topological polar surface area (TPSA) is 136 Å². The minimum atomic E-state index is -0.508. The number of nitrogens with zero attached hydrogens (tertiary/aromatic N) is 3. The van der Waals surface area contributed by atoms with E-state index in [1.54, 1.807) is 6.92 Å². The van der Waals surface area contributed by atoms with Crippen LogP contribution in [-0.4, -0.2) is 64.6 Å². The quantitative estimate of drug-likeness (QED) is 0.183. The van der Waals surface area contributed by atoms with Crippen molar-refractivity contribution < 1.29 is 19.1 Å². The number of nitrogens with two attached hydrogens (primary N) is 1. The van der Waals surface area contributed by atoms with Crippen molar-refractivity contribution in [2.24, 2.45) is 12.8 Å². The maximum atomic E-state index is 13.8. The summed E-state index contributed by atoms with van der Waals surface area (Å²) in [5.74, 6) is 0.696. The zero-order chi connectivity index (χ0) is 27.6. The number of nitrogens with one attached hydrogen (secondary N) is 2. The molecule has 40 heavy (non-hydrogen) atoms. The average molecular weight is 569 g/mol. The van der Waals surface area contributed by atoms with Gasteiger partial charge in [0.15, 0.2) is 0 Å². The Bertz CT molecular complexity index is 1390. The highest BCUT2D eigenvalue weighted by molar-refractivity contribution is 5.95. The van der Waals surface area contributed by atoms with Gasteiger partial charge in [-0.05, 0) is 74.6 Å². The van der Waals surface area contributed by atoms with Crippen LogP contribution in [0.4, 0.5) is 5.69 Å². The summed E-state index contributed by atoms with van der Waals surface area (Å²) < 4.78 is 12.6. The summed E-state index contributed by atoms with van der Waals surface area (Å²) in [5, 5.41) is 10.9. The molecule has 1 saturated carbocycles. The number of carbonyl (C=O) groups excluding carboxylic acids is 2. The number of halogens is 1. The highest BCUT2D eigenvalue weighted by Gasteiger charge is 2.54. The molecule has 5 rings (SSSR count). The van der Waals surface area contributed by atoms with E-state index in [0.717, 1.165) is 53.8 Å². The van der Waals surface area contributed by atoms with Gasteiger partial charge in [0.1, 0.15) is 18.3 Å². The van der Waals surface area contributed by atoms with Gasteiger partial charge in [-0.3, -0.25) is 10.2 Å². The van der Waals surface area contributed by atoms with E-state index in [2.05, 4.69) is 28.1 Å². The predicted molar refractivity (Wildman–Crippen MR) is 156 cm³/mol. The lowest BCUT2D eigenvalue weighted by Crippen LogP contribution is -2.44. The van der Waals surface area contributed by atoms with Gasteiger partial charge >= 0.3 is 5.97 Å². The summed E-state index contributed by atoms with van der Waals surface area (Å²) >= 11 is 0. The minimum absolute atomic E-state index is 0. The van der Waals surface area contributed by atoms with Crippen LogP contribution in [0.3, 0.4) is 0 Å². The van der Waals surface area contributed by atoms with Crippen molar-refractivity contribution in [3.05, 3.63) is 59.4 Å². The number of anilines is 1. The van der Waals surface area contributed by atoms with E-state index in [1.807, 2.05) is 36.2 Å². The van der Waals surface area contributed by atoms with Gasteiger partial charge < -0.3 is 30.0 Å². The molecule has 1 atom stereocenters. The number of aromatic nitrogens is 2. The molecule has 1 aliphatic carbocycles. The first-order valence-corrected chi connectivity index (χ1v) is 13.5. The van der Waals surface area contributed by atoms with E-state index < -0.39 is 5.41 Å². The molecule has 2 heterocycles. The van der Waals surface area contributed by atoms with Crippen LogP contribution in [0.25, 0.3) is 11.0 Å². The van der Waals surface area contributed by atoms with E-state index >= 15 is 0 Å². The van der Waals surface area contributed by atoms with E-state index in [9.17, 15) is 9.59 Å². The molecule has 10 nitrogen and oxygen atoms in total. The molecular formula is C29H37ClN6O4. The van der Waals surface area contributed by atoms with Gasteiger partial charge in [-0.25, -0.2) is 9.78 Å². The van der Waals surface area contributed by atoms with Gasteiger partial charge in [0.2, 0.25) is 5.91 Å². The number of esters is 1. The van der Waals surface area contributed by atoms with Crippen LogP contribution in [0.1, 0.15) is 49.6 Å². The van der Waals surface area contributed by atoms with Gasteiger partial charge in [-0.15, -0.1) is 12.4 Å². The number of carbonyl (C=O) groups is 2. The summed E-state index contributed by atoms with van der Waals surface area (Å²) in [5.41, 5.74) is 9.53. The van der Waals surface area contributed by atoms with Crippen LogP contribution in [0, 0.1) is 5.41 Å². The number of hydrogen-bond acceptors (Lipinski definition) is 7. The Balaban J connectivity index is 0.00000370. The lowest BCUT2D eigenvalue weighted by molar-refractivity contribution is -0.149. The second-order valence-electron chi connectivity index (χ2n) is 10.3. The zero-order valence-electron chi connectivity index (χ0n) is 22.9. The molecule has 214 valence electrons. The Morgan fingerprint density at radius 2 is 1.95 bits per heavy atom. The first kappa shape index (κ1) is 29.4. The Morgan fingerprint density at radius 1 is 1.20 bits per heavy atom. The molecule has 4 N–H and O–H groups in total. The van der Waals surface area contributed by atoms with Crippen molar-refractivity contribution in [1.82, 2.24) is 14.5 Å². The molecule has 3 aromatic rings. The fraction of sp³-hybridized carbons (Fsp3) is 0.448. The van der Waals surface area contributed by atoms with Crippen LogP contribution in [0.5, 0.6) is 0 Å². The molecule has 2 aromatic carbocycles. The van der Waals surface area contributed by atoms with Gasteiger partial charge in [0.05, 0.1) is 42.2 Å². The zero-order valence-corrected chi connectivity index (χ0v) is 23.8. The third kappa shape index (κ3) is 5.93. The number of aryl methyl sites for hydroxylation is 1. The third-order valence-electron chi connectivity index (χ3n) is 7.81. The number of nitrogen functional groups attached to an aromatic ring is 1. The van der Waals surface area contributed by atoms with Crippen LogP contribution < -0.4 is 11.1 Å². The Morgan fingerprint density at radius 3 is 2.62 bits per heavy atom. The van der Waals surface area contributed by atoms with Crippen molar-refractivity contribution in [3.8, 4) is 0 Å². The molecule has 1 unspecified atom stereocenters. The summed E-state index contributed by atoms with van der Waals surface area (Å²) in [6.07, 6.45) is 3.45. The molecule has 1 aromatic heterocycles. The molecule has 11 heteroatoms. The van der Waals surface area contributed by atoms with Gasteiger partial charge in [-0.2, -0.15) is 0 Å². The Kier molecular flexibility index (Phi) is 9.00. The SMILES string of the molecule is CCOC(=O)COCC1CCCN1C(=O)C1(c2ccc3c(c2)nc(CNc2ccc(C(=N)N)cc2)n3C)CC1.Cl. The van der Waals surface area contributed by atoms with Gasteiger partial charge in [0, 0.05) is 24.8 Å². The van der Waals surface area contributed by atoms with Gasteiger partial charge in [0.25, 0.3) is 0 Å². The number of hydrogen-bond donors (Lipinski definition) is 3. The van der Waals surface area contributed by atoms with E-state index in [0.29, 0.717) is 31.9 Å². The highest BCUT2D eigenvalue weighted by atomic mass is 35.5. The van der Waals surface area contributed by atoms with Crippen LogP contribution >= 0.6 is 12.4 Å². The summed E-state index contributed by atoms with van der Waals surface area (Å²) in [4.78, 5) is 32.2. The summed E-state index contributed by atoms with van der Waals surface area (Å²) in [6, 6.07) is 13.6. The predicted octanol–water partition coefficient (Wildman–Crippen LogP) is 3.49. The molecule has 1 saturated heterocycles. The summed E-state index contributed by atoms with van der Waals surface area (Å²) in [6.45, 7) is 3.59. The number of rotatable bonds is 11. The molecular weight excluding hydrogens is 532 g/mol. The maximum absolute atomic E-state index is 13.8. The second kappa shape index (κ2) is 12.3.